The van der Waals surface area contributed by atoms with Crippen LogP contribution in [0.5, 0.6) is 0 Å². The molecule has 0 amide bonds. The van der Waals surface area contributed by atoms with Gasteiger partial charge in [0.15, 0.2) is 0 Å². The zero-order valence-electron chi connectivity index (χ0n) is 18.7. The second kappa shape index (κ2) is 11.5. The molecule has 0 aromatic heterocycles. The van der Waals surface area contributed by atoms with Crippen LogP contribution in [-0.4, -0.2) is 54.6 Å². The highest BCUT2D eigenvalue weighted by Crippen LogP contribution is 2.33. The Morgan fingerprint density at radius 1 is 0.562 bits per heavy atom. The second-order valence-electron chi connectivity index (χ2n) is 9.20. The molecule has 0 unspecified atom stereocenters. The molecule has 0 saturated heterocycles. The lowest BCUT2D eigenvalue weighted by Crippen LogP contribution is -2.35. The molecular formula is C23H34O9. The Morgan fingerprint density at radius 3 is 1.31 bits per heavy atom. The van der Waals surface area contributed by atoms with Gasteiger partial charge in [-0.05, 0) is 77.0 Å². The van der Waals surface area contributed by atoms with E-state index in [0.29, 0.717) is 77.0 Å². The van der Waals surface area contributed by atoms with Gasteiger partial charge in [0.05, 0.1) is 24.9 Å². The lowest BCUT2D eigenvalue weighted by atomic mass is 9.82. The van der Waals surface area contributed by atoms with E-state index in [4.69, 9.17) is 19.3 Å². The highest BCUT2D eigenvalue weighted by Gasteiger charge is 2.35. The van der Waals surface area contributed by atoms with Crippen LogP contribution >= 0.6 is 0 Å². The molecule has 0 bridgehead atoms. The van der Waals surface area contributed by atoms with Crippen LogP contribution in [0.1, 0.15) is 77.0 Å². The second-order valence-corrected chi connectivity index (χ2v) is 9.20. The summed E-state index contributed by atoms with van der Waals surface area (Å²) < 4.78 is 21.0. The van der Waals surface area contributed by atoms with E-state index in [1.807, 2.05) is 0 Å². The van der Waals surface area contributed by atoms with Crippen molar-refractivity contribution in [2.75, 3.05) is 7.11 Å². The maximum absolute atomic E-state index is 12.6. The summed E-state index contributed by atoms with van der Waals surface area (Å²) in [7, 11) is 1.28. The minimum atomic E-state index is -0.787. The van der Waals surface area contributed by atoms with E-state index in [-0.39, 0.29) is 48.0 Å². The Morgan fingerprint density at radius 2 is 0.906 bits per heavy atom. The lowest BCUT2D eigenvalue weighted by Gasteiger charge is -2.32. The number of carboxylic acid groups (broad SMARTS) is 1. The van der Waals surface area contributed by atoms with E-state index < -0.39 is 12.1 Å². The number of esters is 2. The first-order valence-corrected chi connectivity index (χ1v) is 11.7. The number of hydrogen-bond donors (Lipinski definition) is 1. The molecule has 32 heavy (non-hydrogen) atoms. The fourth-order valence-electron chi connectivity index (χ4n) is 4.97. The monoisotopic (exact) mass is 454 g/mol. The minimum Gasteiger partial charge on any atom is -0.481 e. The van der Waals surface area contributed by atoms with Crippen molar-refractivity contribution in [2.24, 2.45) is 17.8 Å². The molecule has 0 aromatic rings. The number of carboxylic acids is 1. The van der Waals surface area contributed by atoms with Gasteiger partial charge in [0.1, 0.15) is 18.3 Å². The number of carbonyl (C=O) groups excluding carboxylic acids is 3. The van der Waals surface area contributed by atoms with Crippen molar-refractivity contribution in [3.8, 4) is 0 Å². The molecule has 3 aliphatic rings. The highest BCUT2D eigenvalue weighted by molar-refractivity contribution is 5.75. The third kappa shape index (κ3) is 6.84. The quantitative estimate of drug-likeness (QED) is 0.473. The number of ether oxygens (including phenoxy) is 4. The number of carbonyl (C=O) groups is 4. The summed E-state index contributed by atoms with van der Waals surface area (Å²) in [6, 6.07) is 0. The van der Waals surface area contributed by atoms with Crippen molar-refractivity contribution in [3.05, 3.63) is 0 Å². The van der Waals surface area contributed by atoms with Crippen LogP contribution in [-0.2, 0) is 33.3 Å². The van der Waals surface area contributed by atoms with Crippen LogP contribution in [0.4, 0.5) is 4.79 Å². The number of methoxy groups -OCH3 is 1. The Labute approximate surface area is 188 Å². The van der Waals surface area contributed by atoms with Crippen LogP contribution in [0, 0.1) is 17.8 Å². The minimum absolute atomic E-state index is 0.156. The predicted molar refractivity (Wildman–Crippen MR) is 111 cm³/mol. The van der Waals surface area contributed by atoms with Gasteiger partial charge in [-0.2, -0.15) is 0 Å². The van der Waals surface area contributed by atoms with Crippen LogP contribution in [0.15, 0.2) is 0 Å². The van der Waals surface area contributed by atoms with Gasteiger partial charge in [-0.15, -0.1) is 0 Å². The maximum Gasteiger partial charge on any atom is 0.508 e. The zero-order valence-corrected chi connectivity index (χ0v) is 18.7. The molecule has 3 aliphatic carbocycles. The predicted octanol–water partition coefficient (Wildman–Crippen LogP) is 3.62. The van der Waals surface area contributed by atoms with Crippen molar-refractivity contribution >= 4 is 24.1 Å². The van der Waals surface area contributed by atoms with E-state index >= 15 is 0 Å². The molecule has 9 heteroatoms. The number of aliphatic carboxylic acids is 1. The van der Waals surface area contributed by atoms with Crippen molar-refractivity contribution in [1.82, 2.24) is 0 Å². The molecule has 180 valence electrons. The lowest BCUT2D eigenvalue weighted by molar-refractivity contribution is -0.163. The topological polar surface area (TPSA) is 125 Å². The summed E-state index contributed by atoms with van der Waals surface area (Å²) in [5.74, 6) is -1.96. The van der Waals surface area contributed by atoms with Crippen LogP contribution in [0.3, 0.4) is 0 Å². The van der Waals surface area contributed by atoms with Gasteiger partial charge < -0.3 is 24.1 Å². The molecule has 9 nitrogen and oxygen atoms in total. The molecule has 3 saturated carbocycles. The zero-order chi connectivity index (χ0) is 23.1. The molecule has 0 atom stereocenters. The molecule has 0 aliphatic heterocycles. The average molecular weight is 455 g/mol. The van der Waals surface area contributed by atoms with Gasteiger partial charge in [0.2, 0.25) is 0 Å². The summed E-state index contributed by atoms with van der Waals surface area (Å²) in [5, 5.41) is 9.07. The smallest absolute Gasteiger partial charge is 0.481 e. The van der Waals surface area contributed by atoms with Crippen LogP contribution < -0.4 is 0 Å². The Balaban J connectivity index is 1.32. The molecule has 3 rings (SSSR count). The van der Waals surface area contributed by atoms with E-state index in [2.05, 4.69) is 4.74 Å². The molecular weight excluding hydrogens is 420 g/mol. The van der Waals surface area contributed by atoms with Gasteiger partial charge in [0.25, 0.3) is 0 Å². The highest BCUT2D eigenvalue weighted by atomic mass is 16.7. The summed E-state index contributed by atoms with van der Waals surface area (Å²) in [5.41, 5.74) is 0. The van der Waals surface area contributed by atoms with Crippen molar-refractivity contribution in [2.45, 2.75) is 95.4 Å². The summed E-state index contributed by atoms with van der Waals surface area (Å²) in [6.45, 7) is 0. The van der Waals surface area contributed by atoms with Gasteiger partial charge in [-0.25, -0.2) is 4.79 Å². The van der Waals surface area contributed by atoms with E-state index in [9.17, 15) is 19.2 Å². The van der Waals surface area contributed by atoms with E-state index in [1.165, 1.54) is 7.11 Å². The first kappa shape index (κ1) is 24.3. The van der Waals surface area contributed by atoms with Gasteiger partial charge in [-0.3, -0.25) is 14.4 Å². The summed E-state index contributed by atoms with van der Waals surface area (Å²) >= 11 is 0. The molecule has 0 spiro atoms. The third-order valence-corrected chi connectivity index (χ3v) is 7.03. The molecule has 0 heterocycles. The molecule has 3 fully saturated rings. The van der Waals surface area contributed by atoms with Gasteiger partial charge >= 0.3 is 24.1 Å². The van der Waals surface area contributed by atoms with Crippen molar-refractivity contribution in [3.63, 3.8) is 0 Å². The first-order chi connectivity index (χ1) is 15.4. The maximum atomic E-state index is 12.6. The summed E-state index contributed by atoms with van der Waals surface area (Å²) in [4.78, 5) is 47.2. The van der Waals surface area contributed by atoms with Gasteiger partial charge in [0, 0.05) is 0 Å². The van der Waals surface area contributed by atoms with Crippen molar-refractivity contribution < 1.29 is 43.2 Å². The van der Waals surface area contributed by atoms with E-state index in [0.717, 1.165) is 0 Å². The SMILES string of the molecule is COC(=O)OC1CCC(OC(=O)C2CCC(OC(=O)C3CCC(C(=O)O)CC3)CC2)CC1. The standard InChI is InChI=1S/C23H34O9/c1-29-23(28)32-19-12-10-18(11-13-19)31-22(27)16-6-8-17(9-7-16)30-21(26)15-4-2-14(3-5-15)20(24)25/h14-19H,2-13H2,1H3,(H,24,25). The van der Waals surface area contributed by atoms with Crippen LogP contribution in [0.25, 0.3) is 0 Å². The Bertz CT molecular complexity index is 667. The Hall–Kier alpha value is -2.32. The summed E-state index contributed by atoms with van der Waals surface area (Å²) in [6.07, 6.45) is 6.06. The largest absolute Gasteiger partial charge is 0.508 e. The Kier molecular flexibility index (Phi) is 8.75. The van der Waals surface area contributed by atoms with Crippen LogP contribution in [0.2, 0.25) is 0 Å². The normalized spacial score (nSPS) is 32.9. The fourth-order valence-corrected chi connectivity index (χ4v) is 4.97. The molecule has 1 N–H and O–H groups in total. The average Bonchev–Trinajstić information content (AvgIpc) is 2.80. The van der Waals surface area contributed by atoms with Gasteiger partial charge in [-0.1, -0.05) is 0 Å². The first-order valence-electron chi connectivity index (χ1n) is 11.7. The third-order valence-electron chi connectivity index (χ3n) is 7.03. The fraction of sp³-hybridized carbons (Fsp3) is 0.826. The van der Waals surface area contributed by atoms with E-state index in [1.54, 1.807) is 0 Å². The number of rotatable bonds is 6. The van der Waals surface area contributed by atoms with Crippen molar-refractivity contribution in [1.29, 1.82) is 0 Å². The number of hydrogen-bond acceptors (Lipinski definition) is 8. The molecule has 0 aromatic carbocycles. The molecule has 0 radical (unpaired) electrons.